The van der Waals surface area contributed by atoms with Crippen molar-refractivity contribution in [1.29, 1.82) is 0 Å². The van der Waals surface area contributed by atoms with Gasteiger partial charge in [-0.25, -0.2) is 0 Å². The number of carbonyl (C=O) groups is 2. The van der Waals surface area contributed by atoms with Crippen LogP contribution in [0.25, 0.3) is 0 Å². The van der Waals surface area contributed by atoms with E-state index in [4.69, 9.17) is 9.47 Å². The smallest absolute Gasteiger partial charge is 0.185 e. The molecule has 238 valence electrons. The van der Waals surface area contributed by atoms with Gasteiger partial charge in [0.15, 0.2) is 12.1 Å². The summed E-state index contributed by atoms with van der Waals surface area (Å²) in [7, 11) is 3.49. The SMILES string of the molecule is CCC(O)C(C=C(C)C=CC(=O)C(C)CC(CC=O)C(O[C@@H]1O[C@H](C)[C@@H](O)[C@H](N(C)C)[C@H]1O)C(C)C(O)CC)CO. The van der Waals surface area contributed by atoms with E-state index < -0.39 is 72.6 Å². The first kappa shape index (κ1) is 37.5. The average molecular weight is 586 g/mol. The van der Waals surface area contributed by atoms with Gasteiger partial charge in [-0.3, -0.25) is 4.79 Å². The van der Waals surface area contributed by atoms with E-state index in [0.29, 0.717) is 19.3 Å². The van der Waals surface area contributed by atoms with Crippen molar-refractivity contribution in [2.75, 3.05) is 20.7 Å². The Morgan fingerprint density at radius 2 is 1.66 bits per heavy atom. The lowest BCUT2D eigenvalue weighted by molar-refractivity contribution is -0.304. The molecular weight excluding hydrogens is 530 g/mol. The van der Waals surface area contributed by atoms with Gasteiger partial charge in [-0.05, 0) is 59.2 Å². The highest BCUT2D eigenvalue weighted by Gasteiger charge is 2.46. The Morgan fingerprint density at radius 1 is 1.05 bits per heavy atom. The summed E-state index contributed by atoms with van der Waals surface area (Å²) >= 11 is 0. The summed E-state index contributed by atoms with van der Waals surface area (Å²) in [6.45, 7) is 10.5. The molecule has 1 heterocycles. The standard InChI is InChI=1S/C31H55NO9/c1-9-24(35)20(5)30(41-31-29(39)27(32(7)8)28(38)21(6)40-31)22(13-14-33)16-19(4)26(37)12-11-18(3)15-23(17-34)25(36)10-2/h11-12,14-15,19-25,27-31,34-36,38-39H,9-10,13,16-17H2,1-8H3/t19?,20?,21-,22?,23?,24?,25?,27+,28-,29-,30?,31+/m1/s1. The van der Waals surface area contributed by atoms with Gasteiger partial charge in [0.2, 0.25) is 0 Å². The maximum Gasteiger partial charge on any atom is 0.185 e. The van der Waals surface area contributed by atoms with E-state index >= 15 is 0 Å². The first-order valence-electron chi connectivity index (χ1n) is 14.9. The van der Waals surface area contributed by atoms with Crippen molar-refractivity contribution in [3.8, 4) is 0 Å². The van der Waals surface area contributed by atoms with E-state index in [9.17, 15) is 35.1 Å². The molecule has 0 amide bonds. The normalized spacial score (nSPS) is 29.1. The molecule has 0 saturated carbocycles. The molecule has 1 rings (SSSR count). The van der Waals surface area contributed by atoms with E-state index in [1.165, 1.54) is 6.08 Å². The van der Waals surface area contributed by atoms with Crippen LogP contribution in [0.1, 0.15) is 67.2 Å². The molecule has 10 heteroatoms. The van der Waals surface area contributed by atoms with Crippen molar-refractivity contribution in [2.24, 2.45) is 23.7 Å². The summed E-state index contributed by atoms with van der Waals surface area (Å²) in [6.07, 6.45) is 0.928. The number of carbonyl (C=O) groups excluding carboxylic acids is 2. The minimum atomic E-state index is -1.19. The van der Waals surface area contributed by atoms with Crippen LogP contribution in [0.3, 0.4) is 0 Å². The van der Waals surface area contributed by atoms with Gasteiger partial charge in [-0.2, -0.15) is 0 Å². The molecule has 0 radical (unpaired) electrons. The lowest BCUT2D eigenvalue weighted by atomic mass is 9.80. The van der Waals surface area contributed by atoms with E-state index in [1.807, 2.05) is 20.8 Å². The summed E-state index contributed by atoms with van der Waals surface area (Å²) in [5, 5.41) is 52.0. The van der Waals surface area contributed by atoms with Gasteiger partial charge >= 0.3 is 0 Å². The number of allylic oxidation sites excluding steroid dienone is 3. The zero-order valence-electron chi connectivity index (χ0n) is 26.1. The van der Waals surface area contributed by atoms with Crippen LogP contribution in [-0.4, -0.2) is 112 Å². The Balaban J connectivity index is 3.20. The van der Waals surface area contributed by atoms with Gasteiger partial charge in [0.1, 0.15) is 12.4 Å². The average Bonchev–Trinajstić information content (AvgIpc) is 2.94. The van der Waals surface area contributed by atoms with Crippen LogP contribution < -0.4 is 0 Å². The number of ether oxygens (including phenoxy) is 2. The van der Waals surface area contributed by atoms with Crippen LogP contribution in [-0.2, 0) is 19.1 Å². The fourth-order valence-electron chi connectivity index (χ4n) is 5.56. The summed E-state index contributed by atoms with van der Waals surface area (Å²) in [4.78, 5) is 26.5. The van der Waals surface area contributed by atoms with Crippen molar-refractivity contribution in [3.63, 3.8) is 0 Å². The number of aliphatic hydroxyl groups is 5. The summed E-state index contributed by atoms with van der Waals surface area (Å²) in [5.74, 6) is -1.97. The number of likely N-dealkylation sites (N-methyl/N-ethyl adjacent to an activating group) is 1. The maximum absolute atomic E-state index is 13.1. The third kappa shape index (κ3) is 10.9. The van der Waals surface area contributed by atoms with Crippen molar-refractivity contribution in [3.05, 3.63) is 23.8 Å². The second kappa shape index (κ2) is 18.2. The predicted octanol–water partition coefficient (Wildman–Crippen LogP) is 1.86. The van der Waals surface area contributed by atoms with Gasteiger partial charge in [-0.1, -0.05) is 45.4 Å². The molecule has 10 nitrogen and oxygen atoms in total. The zero-order valence-corrected chi connectivity index (χ0v) is 26.1. The van der Waals surface area contributed by atoms with E-state index in [-0.39, 0.29) is 18.8 Å². The van der Waals surface area contributed by atoms with E-state index in [1.54, 1.807) is 51.9 Å². The second-order valence-corrected chi connectivity index (χ2v) is 11.8. The first-order valence-corrected chi connectivity index (χ1v) is 14.9. The highest BCUT2D eigenvalue weighted by molar-refractivity contribution is 5.91. The molecule has 7 unspecified atom stereocenters. The lowest BCUT2D eigenvalue weighted by Gasteiger charge is -2.46. The molecule has 1 aliphatic heterocycles. The molecular formula is C31H55NO9. The molecule has 0 aromatic rings. The zero-order chi connectivity index (χ0) is 31.4. The van der Waals surface area contributed by atoms with Crippen LogP contribution in [0.5, 0.6) is 0 Å². The van der Waals surface area contributed by atoms with Gasteiger partial charge in [0, 0.05) is 24.2 Å². The molecule has 5 N–H and O–H groups in total. The van der Waals surface area contributed by atoms with Crippen LogP contribution in [0, 0.1) is 23.7 Å². The van der Waals surface area contributed by atoms with Crippen LogP contribution >= 0.6 is 0 Å². The molecule has 0 aliphatic carbocycles. The first-order chi connectivity index (χ1) is 19.2. The molecule has 0 aromatic carbocycles. The Hall–Kier alpha value is -1.50. The van der Waals surface area contributed by atoms with E-state index in [0.717, 1.165) is 11.9 Å². The van der Waals surface area contributed by atoms with E-state index in [2.05, 4.69) is 0 Å². The highest BCUT2D eigenvalue weighted by atomic mass is 16.7. The number of nitrogens with zero attached hydrogens (tertiary/aromatic N) is 1. The van der Waals surface area contributed by atoms with Gasteiger partial charge < -0.3 is 44.7 Å². The maximum atomic E-state index is 13.1. The van der Waals surface area contributed by atoms with Crippen molar-refractivity contribution in [1.82, 2.24) is 4.90 Å². The topological polar surface area (TPSA) is 157 Å². The fourth-order valence-corrected chi connectivity index (χ4v) is 5.56. The number of hydrogen-bond acceptors (Lipinski definition) is 10. The van der Waals surface area contributed by atoms with Gasteiger partial charge in [-0.15, -0.1) is 0 Å². The van der Waals surface area contributed by atoms with Crippen molar-refractivity contribution < 1.29 is 44.6 Å². The number of ketones is 1. The minimum Gasteiger partial charge on any atom is -0.396 e. The largest absolute Gasteiger partial charge is 0.396 e. The Kier molecular flexibility index (Phi) is 16.7. The number of rotatable bonds is 18. The van der Waals surface area contributed by atoms with Crippen LogP contribution in [0.2, 0.25) is 0 Å². The quantitative estimate of drug-likeness (QED) is 0.0914. The summed E-state index contributed by atoms with van der Waals surface area (Å²) < 4.78 is 12.2. The highest BCUT2D eigenvalue weighted by Crippen LogP contribution is 2.33. The predicted molar refractivity (Wildman–Crippen MR) is 157 cm³/mol. The molecule has 1 saturated heterocycles. The molecule has 41 heavy (non-hydrogen) atoms. The lowest BCUT2D eigenvalue weighted by Crippen LogP contribution is -2.63. The molecule has 0 bridgehead atoms. The van der Waals surface area contributed by atoms with Crippen molar-refractivity contribution in [2.45, 2.75) is 116 Å². The van der Waals surface area contributed by atoms with Gasteiger partial charge in [0.25, 0.3) is 0 Å². The fraction of sp³-hybridized carbons (Fsp3) is 0.806. The Bertz CT molecular complexity index is 847. The van der Waals surface area contributed by atoms with Crippen LogP contribution in [0.15, 0.2) is 23.8 Å². The van der Waals surface area contributed by atoms with Crippen molar-refractivity contribution >= 4 is 12.1 Å². The molecule has 0 spiro atoms. The van der Waals surface area contributed by atoms with Gasteiger partial charge in [0.05, 0.1) is 43.2 Å². The third-order valence-corrected chi connectivity index (χ3v) is 8.36. The molecule has 1 aliphatic rings. The number of hydrogen-bond donors (Lipinski definition) is 5. The third-order valence-electron chi connectivity index (χ3n) is 8.36. The van der Waals surface area contributed by atoms with Crippen LogP contribution in [0.4, 0.5) is 0 Å². The second-order valence-electron chi connectivity index (χ2n) is 11.8. The summed E-state index contributed by atoms with van der Waals surface area (Å²) in [6, 6.07) is -0.647. The molecule has 0 aromatic heterocycles. The number of aliphatic hydroxyl groups excluding tert-OH is 5. The number of aldehydes is 1. The minimum absolute atomic E-state index is 0.0803. The Morgan fingerprint density at radius 3 is 2.17 bits per heavy atom. The Labute approximate surface area is 246 Å². The monoisotopic (exact) mass is 585 g/mol. The molecule has 1 fully saturated rings. The summed E-state index contributed by atoms with van der Waals surface area (Å²) in [5.41, 5.74) is 0.734. The molecule has 12 atom stereocenters.